The second kappa shape index (κ2) is 7.05. The zero-order valence-corrected chi connectivity index (χ0v) is 16.7. The molecule has 2 aromatic rings. The molecule has 6 heteroatoms. The van der Waals surface area contributed by atoms with Gasteiger partial charge in [-0.15, -0.1) is 0 Å². The molecule has 2 aromatic carbocycles. The Morgan fingerprint density at radius 3 is 2.86 bits per heavy atom. The molecule has 0 saturated carbocycles. The Labute approximate surface area is 172 Å². The summed E-state index contributed by atoms with van der Waals surface area (Å²) < 4.78 is 6.07. The fourth-order valence-corrected chi connectivity index (χ4v) is 5.23. The van der Waals surface area contributed by atoms with E-state index in [1.54, 1.807) is 12.1 Å². The van der Waals surface area contributed by atoms with Crippen molar-refractivity contribution in [3.05, 3.63) is 70.3 Å². The zero-order chi connectivity index (χ0) is 19.3. The van der Waals surface area contributed by atoms with Crippen LogP contribution in [-0.4, -0.2) is 28.7 Å². The van der Waals surface area contributed by atoms with E-state index in [1.165, 1.54) is 0 Å². The van der Waals surface area contributed by atoms with Gasteiger partial charge in [0, 0.05) is 17.4 Å². The Bertz CT molecular complexity index is 972. The zero-order valence-electron chi connectivity index (χ0n) is 15.1. The molecule has 2 aliphatic heterocycles. The SMILES string of the molecule is O=C(O)c1ccc(Cl)c2c1[C@H]1C=CC[C@@H]1[C@@H](c1cccc(OC3CSC3)c1)N2. The molecule has 1 saturated heterocycles. The minimum absolute atomic E-state index is 0.0404. The number of anilines is 1. The maximum atomic E-state index is 11.8. The van der Waals surface area contributed by atoms with Gasteiger partial charge >= 0.3 is 5.97 Å². The second-order valence-electron chi connectivity index (χ2n) is 7.51. The second-order valence-corrected chi connectivity index (χ2v) is 9.00. The number of rotatable bonds is 4. The number of carboxylic acids is 1. The van der Waals surface area contributed by atoms with E-state index in [-0.39, 0.29) is 17.9 Å². The van der Waals surface area contributed by atoms with Crippen LogP contribution in [0.5, 0.6) is 5.75 Å². The fourth-order valence-electron chi connectivity index (χ4n) is 4.45. The van der Waals surface area contributed by atoms with Crippen molar-refractivity contribution in [1.29, 1.82) is 0 Å². The van der Waals surface area contributed by atoms with Gasteiger partial charge in [-0.1, -0.05) is 35.9 Å². The first-order valence-electron chi connectivity index (χ1n) is 9.45. The number of hydrogen-bond donors (Lipinski definition) is 2. The lowest BCUT2D eigenvalue weighted by Crippen LogP contribution is -2.32. The topological polar surface area (TPSA) is 58.6 Å². The summed E-state index contributed by atoms with van der Waals surface area (Å²) in [6, 6.07) is 11.6. The first kappa shape index (κ1) is 18.0. The molecule has 2 heterocycles. The highest BCUT2D eigenvalue weighted by Gasteiger charge is 2.41. The van der Waals surface area contributed by atoms with Crippen molar-refractivity contribution in [1.82, 2.24) is 0 Å². The number of carbonyl (C=O) groups is 1. The van der Waals surface area contributed by atoms with Crippen molar-refractivity contribution in [3.8, 4) is 5.75 Å². The molecule has 0 amide bonds. The summed E-state index contributed by atoms with van der Waals surface area (Å²) >= 11 is 8.38. The van der Waals surface area contributed by atoms with Gasteiger partial charge in [0.2, 0.25) is 0 Å². The van der Waals surface area contributed by atoms with Crippen LogP contribution in [0.2, 0.25) is 5.02 Å². The van der Waals surface area contributed by atoms with Gasteiger partial charge in [-0.2, -0.15) is 11.8 Å². The number of fused-ring (bicyclic) bond motifs is 3. The summed E-state index contributed by atoms with van der Waals surface area (Å²) in [7, 11) is 0. The van der Waals surface area contributed by atoms with Gasteiger partial charge in [0.05, 0.1) is 22.3 Å². The molecule has 0 unspecified atom stereocenters. The lowest BCUT2D eigenvalue weighted by molar-refractivity contribution is 0.0695. The summed E-state index contributed by atoms with van der Waals surface area (Å²) in [5.74, 6) is 2.35. The van der Waals surface area contributed by atoms with E-state index in [4.69, 9.17) is 16.3 Å². The molecule has 0 spiro atoms. The van der Waals surface area contributed by atoms with Crippen LogP contribution in [0, 0.1) is 5.92 Å². The van der Waals surface area contributed by atoms with E-state index in [9.17, 15) is 9.90 Å². The third-order valence-electron chi connectivity index (χ3n) is 5.83. The third-order valence-corrected chi connectivity index (χ3v) is 7.36. The maximum Gasteiger partial charge on any atom is 0.336 e. The predicted octanol–water partition coefficient (Wildman–Crippen LogP) is 5.36. The van der Waals surface area contributed by atoms with Crippen LogP contribution >= 0.6 is 23.4 Å². The van der Waals surface area contributed by atoms with E-state index < -0.39 is 5.97 Å². The van der Waals surface area contributed by atoms with Crippen molar-refractivity contribution < 1.29 is 14.6 Å². The highest BCUT2D eigenvalue weighted by Crippen LogP contribution is 2.52. The Morgan fingerprint density at radius 1 is 1.25 bits per heavy atom. The first-order chi connectivity index (χ1) is 13.6. The maximum absolute atomic E-state index is 11.8. The number of thioether (sulfide) groups is 1. The molecular weight excluding hydrogens is 394 g/mol. The van der Waals surface area contributed by atoms with Gasteiger partial charge < -0.3 is 15.2 Å². The minimum Gasteiger partial charge on any atom is -0.489 e. The summed E-state index contributed by atoms with van der Waals surface area (Å²) in [5, 5.41) is 13.8. The van der Waals surface area contributed by atoms with Gasteiger partial charge in [-0.05, 0) is 47.7 Å². The van der Waals surface area contributed by atoms with Crippen LogP contribution in [-0.2, 0) is 0 Å². The first-order valence-corrected chi connectivity index (χ1v) is 11.0. The summed E-state index contributed by atoms with van der Waals surface area (Å²) in [6.07, 6.45) is 5.48. The molecule has 2 N–H and O–H groups in total. The predicted molar refractivity (Wildman–Crippen MR) is 113 cm³/mol. The number of nitrogens with one attached hydrogen (secondary N) is 1. The van der Waals surface area contributed by atoms with E-state index in [1.807, 2.05) is 23.9 Å². The van der Waals surface area contributed by atoms with Crippen LogP contribution in [0.4, 0.5) is 5.69 Å². The molecule has 5 rings (SSSR count). The Balaban J connectivity index is 1.54. The number of hydrogen-bond acceptors (Lipinski definition) is 4. The van der Waals surface area contributed by atoms with Crippen LogP contribution in [0.1, 0.15) is 39.9 Å². The fraction of sp³-hybridized carbons (Fsp3) is 0.318. The molecule has 1 fully saturated rings. The van der Waals surface area contributed by atoms with Crippen molar-refractivity contribution in [2.24, 2.45) is 5.92 Å². The van der Waals surface area contributed by atoms with Gasteiger partial charge in [-0.3, -0.25) is 0 Å². The van der Waals surface area contributed by atoms with E-state index in [0.717, 1.165) is 40.5 Å². The largest absolute Gasteiger partial charge is 0.489 e. The van der Waals surface area contributed by atoms with Crippen LogP contribution in [0.15, 0.2) is 48.6 Å². The number of aromatic carboxylic acids is 1. The molecule has 144 valence electrons. The number of ether oxygens (including phenoxy) is 1. The molecular formula is C22H20ClNO3S. The molecule has 0 radical (unpaired) electrons. The van der Waals surface area contributed by atoms with Crippen molar-refractivity contribution in [3.63, 3.8) is 0 Å². The molecule has 0 aromatic heterocycles. The standard InChI is InChI=1S/C22H20ClNO3S/c23-18-8-7-17(22(25)26)19-15-5-2-6-16(15)20(24-21(18)19)12-3-1-4-13(9-12)27-14-10-28-11-14/h1-5,7-9,14-16,20,24H,6,10-11H2,(H,25,26)/t15-,16-,20+/m0/s1. The van der Waals surface area contributed by atoms with Gasteiger partial charge in [0.25, 0.3) is 0 Å². The molecule has 4 nitrogen and oxygen atoms in total. The lowest BCUT2D eigenvalue weighted by Gasteiger charge is -2.38. The monoisotopic (exact) mass is 413 g/mol. The van der Waals surface area contributed by atoms with Crippen molar-refractivity contribution in [2.75, 3.05) is 16.8 Å². The Hall–Kier alpha value is -2.11. The average molecular weight is 414 g/mol. The number of carboxylic acid groups (broad SMARTS) is 1. The van der Waals surface area contributed by atoms with E-state index in [2.05, 4.69) is 29.6 Å². The number of benzene rings is 2. The molecule has 0 bridgehead atoms. The normalized spacial score (nSPS) is 25.4. The van der Waals surface area contributed by atoms with Crippen LogP contribution in [0.25, 0.3) is 0 Å². The third kappa shape index (κ3) is 2.97. The van der Waals surface area contributed by atoms with Crippen LogP contribution in [0.3, 0.4) is 0 Å². The molecule has 28 heavy (non-hydrogen) atoms. The van der Waals surface area contributed by atoms with Crippen molar-refractivity contribution >= 4 is 35.0 Å². The molecule has 1 aliphatic carbocycles. The lowest BCUT2D eigenvalue weighted by atomic mass is 9.75. The Kier molecular flexibility index (Phi) is 4.52. The van der Waals surface area contributed by atoms with Crippen molar-refractivity contribution in [2.45, 2.75) is 24.5 Å². The number of allylic oxidation sites excluding steroid dienone is 2. The average Bonchev–Trinajstić information content (AvgIpc) is 3.14. The van der Waals surface area contributed by atoms with E-state index in [0.29, 0.717) is 16.7 Å². The quantitative estimate of drug-likeness (QED) is 0.661. The number of halogens is 1. The van der Waals surface area contributed by atoms with Crippen LogP contribution < -0.4 is 10.1 Å². The molecule has 3 atom stereocenters. The summed E-state index contributed by atoms with van der Waals surface area (Å²) in [6.45, 7) is 0. The van der Waals surface area contributed by atoms with Gasteiger partial charge in [0.1, 0.15) is 11.9 Å². The molecule has 3 aliphatic rings. The Morgan fingerprint density at radius 2 is 2.11 bits per heavy atom. The van der Waals surface area contributed by atoms with E-state index >= 15 is 0 Å². The van der Waals surface area contributed by atoms with Gasteiger partial charge in [0.15, 0.2) is 0 Å². The minimum atomic E-state index is -0.916. The smallest absolute Gasteiger partial charge is 0.336 e. The summed E-state index contributed by atoms with van der Waals surface area (Å²) in [5.41, 5.74) is 3.01. The van der Waals surface area contributed by atoms with Gasteiger partial charge in [-0.25, -0.2) is 4.79 Å². The summed E-state index contributed by atoms with van der Waals surface area (Å²) in [4.78, 5) is 11.8. The highest BCUT2D eigenvalue weighted by molar-refractivity contribution is 8.00. The highest BCUT2D eigenvalue weighted by atomic mass is 35.5.